The molecule has 1 atom stereocenters. The number of carbonyl (C=O) groups excluding carboxylic acids is 2. The van der Waals surface area contributed by atoms with Gasteiger partial charge in [0.1, 0.15) is 6.04 Å². The Balaban J connectivity index is 2.48. The Morgan fingerprint density at radius 1 is 1.08 bits per heavy atom. The molecule has 3 N–H and O–H groups in total. The molecule has 0 aromatic heterocycles. The number of aliphatic carboxylic acids is 1. The standard InChI is InChI=1S/C18H26N2O4/c1-4-13-7-5-6-8-14(13)10-16(21)19-11-17(22)20-15(18(23)24)9-12(2)3/h5-8,12,15H,4,9-11H2,1-3H3,(H,19,21)(H,20,22)(H,23,24)/t15-/m0/s1. The zero-order valence-corrected chi connectivity index (χ0v) is 14.5. The van der Waals surface area contributed by atoms with Crippen LogP contribution in [0.25, 0.3) is 0 Å². The van der Waals surface area contributed by atoms with E-state index < -0.39 is 17.9 Å². The maximum atomic E-state index is 12.0. The number of aryl methyl sites for hydroxylation is 1. The first-order chi connectivity index (χ1) is 11.3. The molecule has 6 nitrogen and oxygen atoms in total. The number of amides is 2. The molecular weight excluding hydrogens is 308 g/mol. The molecule has 24 heavy (non-hydrogen) atoms. The fourth-order valence-electron chi connectivity index (χ4n) is 2.43. The molecule has 1 aromatic carbocycles. The van der Waals surface area contributed by atoms with Crippen molar-refractivity contribution in [1.29, 1.82) is 0 Å². The highest BCUT2D eigenvalue weighted by atomic mass is 16.4. The third-order valence-electron chi connectivity index (χ3n) is 3.64. The van der Waals surface area contributed by atoms with E-state index >= 15 is 0 Å². The van der Waals surface area contributed by atoms with Gasteiger partial charge in [0.05, 0.1) is 13.0 Å². The van der Waals surface area contributed by atoms with E-state index in [0.717, 1.165) is 17.5 Å². The second-order valence-corrected chi connectivity index (χ2v) is 6.16. The van der Waals surface area contributed by atoms with E-state index in [9.17, 15) is 14.4 Å². The lowest BCUT2D eigenvalue weighted by Crippen LogP contribution is -2.46. The fourth-order valence-corrected chi connectivity index (χ4v) is 2.43. The van der Waals surface area contributed by atoms with E-state index in [1.807, 2.05) is 45.0 Å². The van der Waals surface area contributed by atoms with Crippen molar-refractivity contribution in [2.24, 2.45) is 5.92 Å². The summed E-state index contributed by atoms with van der Waals surface area (Å²) >= 11 is 0. The van der Waals surface area contributed by atoms with Crippen molar-refractivity contribution in [3.8, 4) is 0 Å². The highest BCUT2D eigenvalue weighted by Crippen LogP contribution is 2.10. The van der Waals surface area contributed by atoms with Crippen LogP contribution < -0.4 is 10.6 Å². The first kappa shape index (κ1) is 19.7. The van der Waals surface area contributed by atoms with Crippen LogP contribution in [0.5, 0.6) is 0 Å². The minimum absolute atomic E-state index is 0.145. The van der Waals surface area contributed by atoms with Crippen molar-refractivity contribution < 1.29 is 19.5 Å². The SMILES string of the molecule is CCc1ccccc1CC(=O)NCC(=O)N[C@@H](CC(C)C)C(=O)O. The van der Waals surface area contributed by atoms with Crippen LogP contribution in [0, 0.1) is 5.92 Å². The second-order valence-electron chi connectivity index (χ2n) is 6.16. The summed E-state index contributed by atoms with van der Waals surface area (Å²) in [7, 11) is 0. The van der Waals surface area contributed by atoms with E-state index in [0.29, 0.717) is 6.42 Å². The summed E-state index contributed by atoms with van der Waals surface area (Å²) in [6, 6.07) is 6.72. The molecule has 0 aliphatic heterocycles. The molecule has 0 aliphatic rings. The van der Waals surface area contributed by atoms with Crippen LogP contribution in [0.1, 0.15) is 38.3 Å². The molecule has 0 saturated heterocycles. The zero-order valence-electron chi connectivity index (χ0n) is 14.5. The first-order valence-corrected chi connectivity index (χ1v) is 8.19. The maximum Gasteiger partial charge on any atom is 0.326 e. The predicted molar refractivity (Wildman–Crippen MR) is 91.6 cm³/mol. The van der Waals surface area contributed by atoms with Crippen LogP contribution in [0.4, 0.5) is 0 Å². The first-order valence-electron chi connectivity index (χ1n) is 8.19. The lowest BCUT2D eigenvalue weighted by atomic mass is 10.0. The summed E-state index contributed by atoms with van der Waals surface area (Å²) in [5, 5.41) is 14.1. The van der Waals surface area contributed by atoms with E-state index in [1.54, 1.807) is 0 Å². The topological polar surface area (TPSA) is 95.5 Å². The quantitative estimate of drug-likeness (QED) is 0.638. The Bertz CT molecular complexity index is 584. The number of benzene rings is 1. The van der Waals surface area contributed by atoms with Crippen molar-refractivity contribution in [1.82, 2.24) is 10.6 Å². The van der Waals surface area contributed by atoms with Gasteiger partial charge in [-0.1, -0.05) is 45.0 Å². The van der Waals surface area contributed by atoms with Gasteiger partial charge in [0.25, 0.3) is 0 Å². The van der Waals surface area contributed by atoms with Crippen molar-refractivity contribution in [2.45, 2.75) is 46.1 Å². The van der Waals surface area contributed by atoms with E-state index in [4.69, 9.17) is 5.11 Å². The summed E-state index contributed by atoms with van der Waals surface area (Å²) in [4.78, 5) is 34.9. The summed E-state index contributed by atoms with van der Waals surface area (Å²) < 4.78 is 0. The number of carboxylic acids is 1. The molecule has 0 radical (unpaired) electrons. The molecule has 0 bridgehead atoms. The minimum Gasteiger partial charge on any atom is -0.480 e. The molecule has 0 unspecified atom stereocenters. The van der Waals surface area contributed by atoms with Gasteiger partial charge in [0.15, 0.2) is 0 Å². The smallest absolute Gasteiger partial charge is 0.326 e. The van der Waals surface area contributed by atoms with Crippen LogP contribution in [0.2, 0.25) is 0 Å². The van der Waals surface area contributed by atoms with Gasteiger partial charge in [0.2, 0.25) is 11.8 Å². The van der Waals surface area contributed by atoms with Crippen LogP contribution in [0.3, 0.4) is 0 Å². The molecule has 0 spiro atoms. The van der Waals surface area contributed by atoms with Crippen LogP contribution in [-0.4, -0.2) is 35.5 Å². The highest BCUT2D eigenvalue weighted by Gasteiger charge is 2.21. The summed E-state index contributed by atoms with van der Waals surface area (Å²) in [5.74, 6) is -1.69. The Kier molecular flexibility index (Phi) is 7.95. The normalized spacial score (nSPS) is 11.8. The number of hydrogen-bond acceptors (Lipinski definition) is 3. The summed E-state index contributed by atoms with van der Waals surface area (Å²) in [6.07, 6.45) is 1.38. The lowest BCUT2D eigenvalue weighted by molar-refractivity contribution is -0.142. The number of rotatable bonds is 9. The van der Waals surface area contributed by atoms with Gasteiger partial charge in [-0.25, -0.2) is 4.79 Å². The van der Waals surface area contributed by atoms with Crippen LogP contribution in [0.15, 0.2) is 24.3 Å². The second kappa shape index (κ2) is 9.70. The van der Waals surface area contributed by atoms with Gasteiger partial charge in [-0.2, -0.15) is 0 Å². The van der Waals surface area contributed by atoms with Gasteiger partial charge >= 0.3 is 5.97 Å². The molecular formula is C18H26N2O4. The maximum absolute atomic E-state index is 12.0. The average molecular weight is 334 g/mol. The van der Waals surface area contributed by atoms with Crippen molar-refractivity contribution >= 4 is 17.8 Å². The van der Waals surface area contributed by atoms with E-state index in [1.165, 1.54) is 0 Å². The number of carboxylic acid groups (broad SMARTS) is 1. The Morgan fingerprint density at radius 3 is 2.25 bits per heavy atom. The van der Waals surface area contributed by atoms with Crippen LogP contribution in [-0.2, 0) is 27.2 Å². The largest absolute Gasteiger partial charge is 0.480 e. The summed E-state index contributed by atoms with van der Waals surface area (Å²) in [6.45, 7) is 5.56. The Labute approximate surface area is 142 Å². The van der Waals surface area contributed by atoms with Crippen molar-refractivity contribution in [2.75, 3.05) is 6.54 Å². The van der Waals surface area contributed by atoms with Gasteiger partial charge in [-0.05, 0) is 29.9 Å². The average Bonchev–Trinajstić information content (AvgIpc) is 2.52. The predicted octanol–water partition coefficient (Wildman–Crippen LogP) is 1.52. The van der Waals surface area contributed by atoms with Gasteiger partial charge in [-0.15, -0.1) is 0 Å². The fraction of sp³-hybridized carbons (Fsp3) is 0.500. The number of nitrogens with one attached hydrogen (secondary N) is 2. The van der Waals surface area contributed by atoms with Gasteiger partial charge in [-0.3, -0.25) is 9.59 Å². The molecule has 1 rings (SSSR count). The number of hydrogen-bond donors (Lipinski definition) is 3. The lowest BCUT2D eigenvalue weighted by Gasteiger charge is -2.16. The molecule has 0 aliphatic carbocycles. The Hall–Kier alpha value is -2.37. The molecule has 2 amide bonds. The van der Waals surface area contributed by atoms with E-state index in [2.05, 4.69) is 10.6 Å². The van der Waals surface area contributed by atoms with Crippen molar-refractivity contribution in [3.63, 3.8) is 0 Å². The van der Waals surface area contributed by atoms with Crippen LogP contribution >= 0.6 is 0 Å². The van der Waals surface area contributed by atoms with Gasteiger partial charge in [0, 0.05) is 0 Å². The Morgan fingerprint density at radius 2 is 1.71 bits per heavy atom. The molecule has 6 heteroatoms. The molecule has 0 heterocycles. The zero-order chi connectivity index (χ0) is 18.1. The third-order valence-corrected chi connectivity index (χ3v) is 3.64. The third kappa shape index (κ3) is 6.81. The number of carbonyl (C=O) groups is 3. The molecule has 0 saturated carbocycles. The highest BCUT2D eigenvalue weighted by molar-refractivity contribution is 5.88. The molecule has 1 aromatic rings. The van der Waals surface area contributed by atoms with E-state index in [-0.39, 0.29) is 24.8 Å². The summed E-state index contributed by atoms with van der Waals surface area (Å²) in [5.41, 5.74) is 2.03. The molecule has 132 valence electrons. The molecule has 0 fully saturated rings. The van der Waals surface area contributed by atoms with Crippen molar-refractivity contribution in [3.05, 3.63) is 35.4 Å². The van der Waals surface area contributed by atoms with Gasteiger partial charge < -0.3 is 15.7 Å². The monoisotopic (exact) mass is 334 g/mol. The minimum atomic E-state index is -1.07.